The van der Waals surface area contributed by atoms with Gasteiger partial charge in [0.25, 0.3) is 0 Å². The summed E-state index contributed by atoms with van der Waals surface area (Å²) in [7, 11) is 0. The van der Waals surface area contributed by atoms with E-state index < -0.39 is 0 Å². The van der Waals surface area contributed by atoms with Crippen LogP contribution in [-0.4, -0.2) is 40.6 Å². The lowest BCUT2D eigenvalue weighted by Gasteiger charge is -2.24. The number of hydrogen-bond donors (Lipinski definition) is 1. The summed E-state index contributed by atoms with van der Waals surface area (Å²) in [5, 5.41) is 12.1. The molecule has 0 fully saturated rings. The van der Waals surface area contributed by atoms with Crippen LogP contribution in [0, 0.1) is 0 Å². The zero-order chi connectivity index (χ0) is 17.4. The highest BCUT2D eigenvalue weighted by molar-refractivity contribution is 8.01. The molecule has 0 aliphatic rings. The fourth-order valence-electron chi connectivity index (χ4n) is 2.25. The largest absolute Gasteiger partial charge is 0.360 e. The van der Waals surface area contributed by atoms with E-state index in [0.717, 1.165) is 28.0 Å². The second kappa shape index (κ2) is 9.64. The molecule has 0 radical (unpaired) electrons. The number of carbonyl (C=O) groups excluding carboxylic acids is 1. The minimum atomic E-state index is -0.293. The summed E-state index contributed by atoms with van der Waals surface area (Å²) in [5.41, 5.74) is 0.998. The lowest BCUT2D eigenvalue weighted by Crippen LogP contribution is -2.33. The molecule has 0 bridgehead atoms. The Kier molecular flexibility index (Phi) is 7.52. The normalized spacial score (nSPS) is 12.0. The minimum Gasteiger partial charge on any atom is -0.360 e. The molecule has 1 unspecified atom stereocenters. The Balaban J connectivity index is 2.20. The lowest BCUT2D eigenvalue weighted by atomic mass is 10.1. The highest BCUT2D eigenvalue weighted by Gasteiger charge is 2.27. The van der Waals surface area contributed by atoms with E-state index in [1.807, 2.05) is 49.1 Å². The summed E-state index contributed by atoms with van der Waals surface area (Å²) in [5.74, 6) is 0.120. The highest BCUT2D eigenvalue weighted by Crippen LogP contribution is 2.39. The topological polar surface area (TPSA) is 58.1 Å². The van der Waals surface area contributed by atoms with Crippen molar-refractivity contribution in [2.45, 2.75) is 36.8 Å². The van der Waals surface area contributed by atoms with E-state index >= 15 is 0 Å². The van der Waals surface area contributed by atoms with Crippen molar-refractivity contribution in [3.63, 3.8) is 0 Å². The fourth-order valence-corrected chi connectivity index (χ4v) is 4.31. The van der Waals surface area contributed by atoms with E-state index in [1.165, 1.54) is 23.1 Å². The minimum absolute atomic E-state index is 0.120. The van der Waals surface area contributed by atoms with Crippen molar-refractivity contribution in [2.75, 3.05) is 25.0 Å². The van der Waals surface area contributed by atoms with Crippen LogP contribution in [0.15, 0.2) is 34.7 Å². The van der Waals surface area contributed by atoms with Crippen LogP contribution in [0.25, 0.3) is 0 Å². The molecule has 0 saturated heterocycles. The predicted molar refractivity (Wildman–Crippen MR) is 102 cm³/mol. The fraction of sp³-hybridized carbons (Fsp3) is 0.471. The SMILES string of the molecule is CCCNc1nnc(SC(C(=O)N(CC)CC)c2ccccc2)s1. The summed E-state index contributed by atoms with van der Waals surface area (Å²) in [6, 6.07) is 9.89. The standard InChI is InChI=1S/C17H24N4OS2/c1-4-12-18-16-19-20-17(24-16)23-14(13-10-8-7-9-11-13)15(22)21(5-2)6-3/h7-11,14H,4-6,12H2,1-3H3,(H,18,19). The van der Waals surface area contributed by atoms with Gasteiger partial charge in [-0.05, 0) is 25.8 Å². The van der Waals surface area contributed by atoms with Gasteiger partial charge in [-0.25, -0.2) is 0 Å². The van der Waals surface area contributed by atoms with Crippen LogP contribution in [0.4, 0.5) is 5.13 Å². The van der Waals surface area contributed by atoms with Gasteiger partial charge in [-0.3, -0.25) is 4.79 Å². The Labute approximate surface area is 151 Å². The Morgan fingerprint density at radius 2 is 1.92 bits per heavy atom. The Morgan fingerprint density at radius 1 is 1.21 bits per heavy atom. The van der Waals surface area contributed by atoms with Gasteiger partial charge >= 0.3 is 0 Å². The van der Waals surface area contributed by atoms with Gasteiger partial charge in [0, 0.05) is 19.6 Å². The molecule has 1 atom stereocenters. The monoisotopic (exact) mass is 364 g/mol. The quantitative estimate of drug-likeness (QED) is 0.680. The number of aromatic nitrogens is 2. The molecule has 2 aromatic rings. The van der Waals surface area contributed by atoms with Crippen molar-refractivity contribution < 1.29 is 4.79 Å². The molecule has 1 heterocycles. The maximum atomic E-state index is 12.9. The summed E-state index contributed by atoms with van der Waals surface area (Å²) in [6.45, 7) is 8.41. The van der Waals surface area contributed by atoms with Crippen molar-refractivity contribution in [1.82, 2.24) is 15.1 Å². The third-order valence-electron chi connectivity index (χ3n) is 3.55. The molecule has 0 aliphatic carbocycles. The van der Waals surface area contributed by atoms with Crippen molar-refractivity contribution >= 4 is 34.1 Å². The molecule has 0 spiro atoms. The number of amides is 1. The molecular weight excluding hydrogens is 340 g/mol. The van der Waals surface area contributed by atoms with E-state index in [4.69, 9.17) is 0 Å². The number of benzene rings is 1. The van der Waals surface area contributed by atoms with Gasteiger partial charge in [0.1, 0.15) is 5.25 Å². The van der Waals surface area contributed by atoms with Crippen LogP contribution in [-0.2, 0) is 4.79 Å². The highest BCUT2D eigenvalue weighted by atomic mass is 32.2. The molecule has 2 rings (SSSR count). The molecular formula is C17H24N4OS2. The first kappa shape index (κ1) is 18.7. The maximum Gasteiger partial charge on any atom is 0.240 e. The number of nitrogens with zero attached hydrogens (tertiary/aromatic N) is 3. The molecule has 5 nitrogen and oxygen atoms in total. The maximum absolute atomic E-state index is 12.9. The van der Waals surface area contributed by atoms with Crippen LogP contribution in [0.3, 0.4) is 0 Å². The van der Waals surface area contributed by atoms with Gasteiger partial charge < -0.3 is 10.2 Å². The van der Waals surface area contributed by atoms with E-state index in [2.05, 4.69) is 22.4 Å². The molecule has 24 heavy (non-hydrogen) atoms. The zero-order valence-electron chi connectivity index (χ0n) is 14.4. The summed E-state index contributed by atoms with van der Waals surface area (Å²) >= 11 is 2.98. The van der Waals surface area contributed by atoms with E-state index in [1.54, 1.807) is 0 Å². The molecule has 1 aromatic heterocycles. The Bertz CT molecular complexity index is 629. The second-order valence-electron chi connectivity index (χ2n) is 5.22. The van der Waals surface area contributed by atoms with Gasteiger partial charge in [0.15, 0.2) is 4.34 Å². The first-order chi connectivity index (χ1) is 11.7. The third kappa shape index (κ3) is 4.95. The van der Waals surface area contributed by atoms with Crippen LogP contribution in [0.5, 0.6) is 0 Å². The second-order valence-corrected chi connectivity index (χ2v) is 7.55. The van der Waals surface area contributed by atoms with Gasteiger partial charge in [0.05, 0.1) is 0 Å². The number of carbonyl (C=O) groups is 1. The Hall–Kier alpha value is -1.60. The molecule has 0 aliphatic heterocycles. The van der Waals surface area contributed by atoms with Crippen LogP contribution >= 0.6 is 23.1 Å². The summed E-state index contributed by atoms with van der Waals surface area (Å²) in [4.78, 5) is 14.8. The van der Waals surface area contributed by atoms with Crippen molar-refractivity contribution in [2.24, 2.45) is 0 Å². The number of anilines is 1. The summed E-state index contributed by atoms with van der Waals surface area (Å²) < 4.78 is 0.808. The molecule has 1 N–H and O–H groups in total. The number of thioether (sulfide) groups is 1. The predicted octanol–water partition coefficient (Wildman–Crippen LogP) is 4.06. The van der Waals surface area contributed by atoms with Gasteiger partial charge in [-0.15, -0.1) is 10.2 Å². The molecule has 7 heteroatoms. The number of likely N-dealkylation sites (N-methyl/N-ethyl adjacent to an activating group) is 1. The van der Waals surface area contributed by atoms with Gasteiger partial charge in [0.2, 0.25) is 11.0 Å². The number of nitrogens with one attached hydrogen (secondary N) is 1. The first-order valence-corrected chi connectivity index (χ1v) is 9.96. The molecule has 1 aromatic carbocycles. The molecule has 0 saturated carbocycles. The van der Waals surface area contributed by atoms with E-state index in [0.29, 0.717) is 13.1 Å². The lowest BCUT2D eigenvalue weighted by molar-refractivity contribution is -0.130. The van der Waals surface area contributed by atoms with Crippen molar-refractivity contribution in [3.8, 4) is 0 Å². The van der Waals surface area contributed by atoms with E-state index in [9.17, 15) is 4.79 Å². The zero-order valence-corrected chi connectivity index (χ0v) is 16.0. The number of rotatable bonds is 9. The van der Waals surface area contributed by atoms with Gasteiger partial charge in [-0.2, -0.15) is 0 Å². The first-order valence-electron chi connectivity index (χ1n) is 8.27. The third-order valence-corrected chi connectivity index (χ3v) is 5.76. The van der Waals surface area contributed by atoms with Crippen molar-refractivity contribution in [3.05, 3.63) is 35.9 Å². The van der Waals surface area contributed by atoms with E-state index in [-0.39, 0.29) is 11.2 Å². The smallest absolute Gasteiger partial charge is 0.240 e. The van der Waals surface area contributed by atoms with Crippen LogP contribution in [0.2, 0.25) is 0 Å². The van der Waals surface area contributed by atoms with Gasteiger partial charge in [-0.1, -0.05) is 60.4 Å². The molecule has 1 amide bonds. The van der Waals surface area contributed by atoms with Crippen LogP contribution in [0.1, 0.15) is 38.0 Å². The Morgan fingerprint density at radius 3 is 2.54 bits per heavy atom. The molecule has 130 valence electrons. The number of hydrogen-bond acceptors (Lipinski definition) is 6. The average Bonchev–Trinajstić information content (AvgIpc) is 3.07. The van der Waals surface area contributed by atoms with Crippen molar-refractivity contribution in [1.29, 1.82) is 0 Å². The average molecular weight is 365 g/mol. The summed E-state index contributed by atoms with van der Waals surface area (Å²) in [6.07, 6.45) is 1.04. The van der Waals surface area contributed by atoms with Crippen LogP contribution < -0.4 is 5.32 Å².